The van der Waals surface area contributed by atoms with E-state index in [4.69, 9.17) is 0 Å². The summed E-state index contributed by atoms with van der Waals surface area (Å²) in [7, 11) is 1.60. The zero-order valence-electron chi connectivity index (χ0n) is 15.3. The highest BCUT2D eigenvalue weighted by Crippen LogP contribution is 2.30. The number of carbonyl (C=O) groups excluding carboxylic acids is 2. The standard InChI is InChI=1S/C21H16F3N3O2/c1-27(17-8-3-2-4-9-17)20(29)14-10-11-25-18(12-14)19(28)26-16-7-5-6-15(13-16)21(22,23)24/h2-13H,1H3,(H,26,28). The van der Waals surface area contributed by atoms with Gasteiger partial charge in [-0.1, -0.05) is 24.3 Å². The highest BCUT2D eigenvalue weighted by Gasteiger charge is 2.30. The molecule has 8 heteroatoms. The lowest BCUT2D eigenvalue weighted by atomic mass is 10.1. The van der Waals surface area contributed by atoms with Crippen LogP contribution in [-0.2, 0) is 6.18 Å². The van der Waals surface area contributed by atoms with Crippen LogP contribution >= 0.6 is 0 Å². The molecular formula is C21H16F3N3O2. The number of aromatic nitrogens is 1. The maximum atomic E-state index is 12.8. The molecule has 0 saturated carbocycles. The number of amides is 2. The molecule has 0 spiro atoms. The summed E-state index contributed by atoms with van der Waals surface area (Å²) in [6, 6.07) is 16.0. The van der Waals surface area contributed by atoms with Crippen LogP contribution in [0.5, 0.6) is 0 Å². The highest BCUT2D eigenvalue weighted by atomic mass is 19.4. The molecule has 0 unspecified atom stereocenters. The third kappa shape index (κ3) is 4.78. The van der Waals surface area contributed by atoms with Gasteiger partial charge in [0.2, 0.25) is 0 Å². The van der Waals surface area contributed by atoms with E-state index in [0.29, 0.717) is 5.69 Å². The van der Waals surface area contributed by atoms with E-state index < -0.39 is 17.6 Å². The second kappa shape index (κ2) is 8.14. The van der Waals surface area contributed by atoms with Gasteiger partial charge in [-0.05, 0) is 42.5 Å². The Morgan fingerprint density at radius 1 is 0.966 bits per heavy atom. The Labute approximate surface area is 164 Å². The van der Waals surface area contributed by atoms with Crippen LogP contribution in [0, 0.1) is 0 Å². The SMILES string of the molecule is CN(C(=O)c1ccnc(C(=O)Nc2cccc(C(F)(F)F)c2)c1)c1ccccc1. The molecule has 2 aromatic carbocycles. The third-order valence-corrected chi connectivity index (χ3v) is 4.14. The molecule has 0 aliphatic heterocycles. The second-order valence-corrected chi connectivity index (χ2v) is 6.16. The van der Waals surface area contributed by atoms with E-state index >= 15 is 0 Å². The van der Waals surface area contributed by atoms with Crippen LogP contribution in [0.2, 0.25) is 0 Å². The number of carbonyl (C=O) groups is 2. The Morgan fingerprint density at radius 3 is 2.38 bits per heavy atom. The van der Waals surface area contributed by atoms with Crippen molar-refractivity contribution >= 4 is 23.2 Å². The molecule has 5 nitrogen and oxygen atoms in total. The first-order valence-corrected chi connectivity index (χ1v) is 8.53. The van der Waals surface area contributed by atoms with Gasteiger partial charge in [-0.15, -0.1) is 0 Å². The lowest BCUT2D eigenvalue weighted by molar-refractivity contribution is -0.137. The van der Waals surface area contributed by atoms with Gasteiger partial charge in [0.05, 0.1) is 5.56 Å². The van der Waals surface area contributed by atoms with E-state index in [-0.39, 0.29) is 22.9 Å². The van der Waals surface area contributed by atoms with Crippen molar-refractivity contribution in [3.05, 3.63) is 89.7 Å². The molecule has 0 radical (unpaired) electrons. The quantitative estimate of drug-likeness (QED) is 0.696. The van der Waals surface area contributed by atoms with Crippen molar-refractivity contribution < 1.29 is 22.8 Å². The first kappa shape index (κ1) is 20.1. The van der Waals surface area contributed by atoms with E-state index in [0.717, 1.165) is 12.1 Å². The van der Waals surface area contributed by atoms with Gasteiger partial charge >= 0.3 is 6.18 Å². The molecule has 0 bridgehead atoms. The van der Waals surface area contributed by atoms with Crippen molar-refractivity contribution in [2.75, 3.05) is 17.3 Å². The molecule has 0 atom stereocenters. The number of pyridine rings is 1. The Balaban J connectivity index is 1.79. The van der Waals surface area contributed by atoms with Crippen molar-refractivity contribution in [1.82, 2.24) is 4.98 Å². The maximum Gasteiger partial charge on any atom is 0.416 e. The van der Waals surface area contributed by atoms with Gasteiger partial charge in [0, 0.05) is 30.2 Å². The smallest absolute Gasteiger partial charge is 0.321 e. The molecule has 0 saturated heterocycles. The van der Waals surface area contributed by atoms with Crippen LogP contribution in [0.3, 0.4) is 0 Å². The monoisotopic (exact) mass is 399 g/mol. The van der Waals surface area contributed by atoms with Crippen molar-refractivity contribution in [1.29, 1.82) is 0 Å². The largest absolute Gasteiger partial charge is 0.416 e. The number of para-hydroxylation sites is 1. The van der Waals surface area contributed by atoms with Crippen molar-refractivity contribution in [3.63, 3.8) is 0 Å². The molecule has 0 fully saturated rings. The predicted molar refractivity (Wildman–Crippen MR) is 103 cm³/mol. The Kier molecular flexibility index (Phi) is 5.63. The van der Waals surface area contributed by atoms with Crippen LogP contribution < -0.4 is 10.2 Å². The molecule has 1 aromatic heterocycles. The molecule has 1 heterocycles. The summed E-state index contributed by atoms with van der Waals surface area (Å²) in [5, 5.41) is 2.37. The fourth-order valence-corrected chi connectivity index (χ4v) is 2.62. The lowest BCUT2D eigenvalue weighted by Crippen LogP contribution is -2.26. The third-order valence-electron chi connectivity index (χ3n) is 4.14. The van der Waals surface area contributed by atoms with Gasteiger partial charge < -0.3 is 10.2 Å². The van der Waals surface area contributed by atoms with E-state index in [1.54, 1.807) is 31.3 Å². The summed E-state index contributed by atoms with van der Waals surface area (Å²) < 4.78 is 38.5. The van der Waals surface area contributed by atoms with Crippen LogP contribution in [0.25, 0.3) is 0 Å². The number of anilines is 2. The second-order valence-electron chi connectivity index (χ2n) is 6.16. The van der Waals surface area contributed by atoms with Crippen LogP contribution in [0.15, 0.2) is 72.9 Å². The summed E-state index contributed by atoms with van der Waals surface area (Å²) >= 11 is 0. The number of hydrogen-bond donors (Lipinski definition) is 1. The first-order valence-electron chi connectivity index (χ1n) is 8.53. The zero-order chi connectivity index (χ0) is 21.0. The average Bonchev–Trinajstić information content (AvgIpc) is 2.73. The van der Waals surface area contributed by atoms with Crippen LogP contribution in [0.1, 0.15) is 26.4 Å². The summed E-state index contributed by atoms with van der Waals surface area (Å²) in [4.78, 5) is 30.4. The molecule has 2 amide bonds. The van der Waals surface area contributed by atoms with Crippen molar-refractivity contribution in [3.8, 4) is 0 Å². The normalized spacial score (nSPS) is 11.0. The Hall–Kier alpha value is -3.68. The molecule has 148 valence electrons. The number of rotatable bonds is 4. The van der Waals surface area contributed by atoms with E-state index in [1.165, 1.54) is 35.4 Å². The number of benzene rings is 2. The van der Waals surface area contributed by atoms with E-state index in [9.17, 15) is 22.8 Å². The highest BCUT2D eigenvalue weighted by molar-refractivity contribution is 6.08. The number of alkyl halides is 3. The number of nitrogens with one attached hydrogen (secondary N) is 1. The molecule has 3 rings (SSSR count). The Bertz CT molecular complexity index is 1040. The minimum absolute atomic E-state index is 0.0234. The van der Waals surface area contributed by atoms with Gasteiger partial charge in [-0.25, -0.2) is 0 Å². The fourth-order valence-electron chi connectivity index (χ4n) is 2.62. The molecule has 1 N–H and O–H groups in total. The van der Waals surface area contributed by atoms with Gasteiger partial charge in [-0.3, -0.25) is 14.6 Å². The van der Waals surface area contributed by atoms with Gasteiger partial charge in [0.15, 0.2) is 0 Å². The summed E-state index contributed by atoms with van der Waals surface area (Å²) in [5.41, 5.74) is -0.0963. The molecular weight excluding hydrogens is 383 g/mol. The van der Waals surface area contributed by atoms with E-state index in [1.807, 2.05) is 6.07 Å². The van der Waals surface area contributed by atoms with E-state index in [2.05, 4.69) is 10.3 Å². The van der Waals surface area contributed by atoms with Gasteiger partial charge in [0.1, 0.15) is 5.69 Å². The number of hydrogen-bond acceptors (Lipinski definition) is 3. The molecule has 29 heavy (non-hydrogen) atoms. The van der Waals surface area contributed by atoms with Gasteiger partial charge in [-0.2, -0.15) is 13.2 Å². The number of halogens is 3. The minimum atomic E-state index is -4.52. The summed E-state index contributed by atoms with van der Waals surface area (Å²) in [6.07, 6.45) is -3.22. The molecule has 3 aromatic rings. The summed E-state index contributed by atoms with van der Waals surface area (Å²) in [5.74, 6) is -1.08. The zero-order valence-corrected chi connectivity index (χ0v) is 15.3. The van der Waals surface area contributed by atoms with Crippen molar-refractivity contribution in [2.45, 2.75) is 6.18 Å². The van der Waals surface area contributed by atoms with Crippen LogP contribution in [-0.4, -0.2) is 23.8 Å². The fraction of sp³-hybridized carbons (Fsp3) is 0.0952. The van der Waals surface area contributed by atoms with Crippen molar-refractivity contribution in [2.24, 2.45) is 0 Å². The maximum absolute atomic E-state index is 12.8. The molecule has 0 aliphatic rings. The lowest BCUT2D eigenvalue weighted by Gasteiger charge is -2.17. The molecule has 0 aliphatic carbocycles. The average molecular weight is 399 g/mol. The predicted octanol–water partition coefficient (Wildman–Crippen LogP) is 4.63. The summed E-state index contributed by atoms with van der Waals surface area (Å²) in [6.45, 7) is 0. The number of nitrogens with zero attached hydrogens (tertiary/aromatic N) is 2. The topological polar surface area (TPSA) is 62.3 Å². The first-order chi connectivity index (χ1) is 13.8. The van der Waals surface area contributed by atoms with Crippen LogP contribution in [0.4, 0.5) is 24.5 Å². The minimum Gasteiger partial charge on any atom is -0.321 e. The van der Waals surface area contributed by atoms with Gasteiger partial charge in [0.25, 0.3) is 11.8 Å². The Morgan fingerprint density at radius 2 is 1.69 bits per heavy atom.